The van der Waals surface area contributed by atoms with Crippen molar-refractivity contribution in [3.63, 3.8) is 0 Å². The largest absolute Gasteiger partial charge is 0.323 e. The standard InChI is InChI=1S/C15H15N3O3S/c19-15(16-12-6-2-1-3-7-12)17-13-8-4-5-11-9-10-22(20,21)18-14(11)13/h1-8,18H,9-10H2,(H2,16,17,19). The molecule has 0 saturated carbocycles. The van der Waals surface area contributed by atoms with Crippen LogP contribution >= 0.6 is 0 Å². The van der Waals surface area contributed by atoms with E-state index in [0.717, 1.165) is 5.56 Å². The predicted molar refractivity (Wildman–Crippen MR) is 86.6 cm³/mol. The van der Waals surface area contributed by atoms with Crippen LogP contribution in [0.3, 0.4) is 0 Å². The zero-order valence-corrected chi connectivity index (χ0v) is 12.5. The highest BCUT2D eigenvalue weighted by molar-refractivity contribution is 7.92. The molecule has 2 aromatic carbocycles. The van der Waals surface area contributed by atoms with E-state index in [1.807, 2.05) is 24.3 Å². The van der Waals surface area contributed by atoms with Crippen molar-refractivity contribution < 1.29 is 13.2 Å². The quantitative estimate of drug-likeness (QED) is 0.795. The second-order valence-corrected chi connectivity index (χ2v) is 6.80. The van der Waals surface area contributed by atoms with Crippen LogP contribution in [-0.2, 0) is 16.4 Å². The summed E-state index contributed by atoms with van der Waals surface area (Å²) < 4.78 is 25.9. The SMILES string of the molecule is O=C(Nc1ccccc1)Nc1cccc2c1NS(=O)(=O)CC2. The second kappa shape index (κ2) is 5.69. The van der Waals surface area contributed by atoms with Gasteiger partial charge in [-0.15, -0.1) is 0 Å². The maximum atomic E-state index is 12.0. The molecule has 7 heteroatoms. The van der Waals surface area contributed by atoms with Crippen molar-refractivity contribution in [2.75, 3.05) is 21.1 Å². The van der Waals surface area contributed by atoms with Crippen LogP contribution in [-0.4, -0.2) is 20.2 Å². The molecule has 0 bridgehead atoms. The summed E-state index contributed by atoms with van der Waals surface area (Å²) in [4.78, 5) is 12.0. The number of anilines is 3. The van der Waals surface area contributed by atoms with Gasteiger partial charge in [0, 0.05) is 5.69 Å². The monoisotopic (exact) mass is 317 g/mol. The smallest absolute Gasteiger partial charge is 0.308 e. The van der Waals surface area contributed by atoms with Gasteiger partial charge in [-0.2, -0.15) is 0 Å². The highest BCUT2D eigenvalue weighted by atomic mass is 32.2. The maximum absolute atomic E-state index is 12.0. The number of benzene rings is 2. The van der Waals surface area contributed by atoms with E-state index < -0.39 is 16.1 Å². The summed E-state index contributed by atoms with van der Waals surface area (Å²) in [5, 5.41) is 5.37. The Morgan fingerprint density at radius 3 is 2.55 bits per heavy atom. The van der Waals surface area contributed by atoms with Gasteiger partial charge in [-0.1, -0.05) is 30.3 Å². The number of carbonyl (C=O) groups excluding carboxylic acids is 1. The highest BCUT2D eigenvalue weighted by Gasteiger charge is 2.22. The molecule has 0 atom stereocenters. The van der Waals surface area contributed by atoms with Crippen LogP contribution < -0.4 is 15.4 Å². The third-order valence-corrected chi connectivity index (χ3v) is 4.59. The second-order valence-electron chi connectivity index (χ2n) is 4.96. The number of amides is 2. The first kappa shape index (κ1) is 14.4. The number of carbonyl (C=O) groups is 1. The number of nitrogens with one attached hydrogen (secondary N) is 3. The molecule has 0 fully saturated rings. The Labute approximate surface area is 128 Å². The Kier molecular flexibility index (Phi) is 3.72. The molecule has 0 saturated heterocycles. The van der Waals surface area contributed by atoms with E-state index in [2.05, 4.69) is 15.4 Å². The molecule has 0 unspecified atom stereocenters. The maximum Gasteiger partial charge on any atom is 0.323 e. The fourth-order valence-electron chi connectivity index (χ4n) is 2.29. The van der Waals surface area contributed by atoms with Gasteiger partial charge >= 0.3 is 6.03 Å². The number of hydrogen-bond acceptors (Lipinski definition) is 3. The van der Waals surface area contributed by atoms with E-state index in [9.17, 15) is 13.2 Å². The lowest BCUT2D eigenvalue weighted by atomic mass is 10.1. The van der Waals surface area contributed by atoms with Crippen LogP contribution in [0.15, 0.2) is 48.5 Å². The van der Waals surface area contributed by atoms with Crippen molar-refractivity contribution >= 4 is 33.1 Å². The molecule has 1 heterocycles. The van der Waals surface area contributed by atoms with Crippen LogP contribution in [0.5, 0.6) is 0 Å². The first-order chi connectivity index (χ1) is 10.5. The van der Waals surface area contributed by atoms with Crippen LogP contribution in [0.25, 0.3) is 0 Å². The minimum absolute atomic E-state index is 0.0552. The Bertz CT molecular complexity index is 804. The molecule has 2 aromatic rings. The average molecular weight is 317 g/mol. The third-order valence-electron chi connectivity index (χ3n) is 3.33. The summed E-state index contributed by atoms with van der Waals surface area (Å²) in [5.41, 5.74) is 2.41. The van der Waals surface area contributed by atoms with Crippen molar-refractivity contribution in [3.8, 4) is 0 Å². The van der Waals surface area contributed by atoms with Gasteiger partial charge in [0.25, 0.3) is 0 Å². The molecule has 1 aliphatic heterocycles. The van der Waals surface area contributed by atoms with Crippen molar-refractivity contribution in [1.82, 2.24) is 0 Å². The summed E-state index contributed by atoms with van der Waals surface area (Å²) >= 11 is 0. The lowest BCUT2D eigenvalue weighted by molar-refractivity contribution is 0.262. The Hall–Kier alpha value is -2.54. The highest BCUT2D eigenvalue weighted by Crippen LogP contribution is 2.31. The van der Waals surface area contributed by atoms with Crippen LogP contribution in [0.4, 0.5) is 21.9 Å². The van der Waals surface area contributed by atoms with E-state index in [4.69, 9.17) is 0 Å². The molecule has 3 N–H and O–H groups in total. The topological polar surface area (TPSA) is 87.3 Å². The van der Waals surface area contributed by atoms with E-state index in [-0.39, 0.29) is 5.75 Å². The van der Waals surface area contributed by atoms with Crippen molar-refractivity contribution in [3.05, 3.63) is 54.1 Å². The normalized spacial score (nSPS) is 15.3. The minimum atomic E-state index is -3.34. The summed E-state index contributed by atoms with van der Waals surface area (Å²) in [7, 11) is -3.34. The van der Waals surface area contributed by atoms with Gasteiger partial charge in [-0.05, 0) is 30.2 Å². The first-order valence-corrected chi connectivity index (χ1v) is 8.44. The van der Waals surface area contributed by atoms with E-state index in [1.54, 1.807) is 24.3 Å². The molecule has 1 aliphatic rings. The lowest BCUT2D eigenvalue weighted by Gasteiger charge is -2.21. The van der Waals surface area contributed by atoms with E-state index >= 15 is 0 Å². The fraction of sp³-hybridized carbons (Fsp3) is 0.133. The zero-order chi connectivity index (χ0) is 15.6. The zero-order valence-electron chi connectivity index (χ0n) is 11.7. The average Bonchev–Trinajstić information content (AvgIpc) is 2.48. The molecular weight excluding hydrogens is 302 g/mol. The van der Waals surface area contributed by atoms with E-state index in [0.29, 0.717) is 23.5 Å². The van der Waals surface area contributed by atoms with E-state index in [1.165, 1.54) is 0 Å². The summed E-state index contributed by atoms with van der Waals surface area (Å²) in [6.07, 6.45) is 0.431. The van der Waals surface area contributed by atoms with Gasteiger partial charge < -0.3 is 10.6 Å². The molecular formula is C15H15N3O3S. The molecule has 3 rings (SSSR count). The minimum Gasteiger partial charge on any atom is -0.308 e. The molecule has 0 radical (unpaired) electrons. The van der Waals surface area contributed by atoms with Crippen molar-refractivity contribution in [2.24, 2.45) is 0 Å². The number of rotatable bonds is 2. The van der Waals surface area contributed by atoms with Gasteiger partial charge in [0.05, 0.1) is 17.1 Å². The number of fused-ring (bicyclic) bond motifs is 1. The molecule has 0 spiro atoms. The summed E-state index contributed by atoms with van der Waals surface area (Å²) in [6, 6.07) is 13.9. The van der Waals surface area contributed by atoms with Crippen molar-refractivity contribution in [1.29, 1.82) is 0 Å². The van der Waals surface area contributed by atoms with Crippen LogP contribution in [0.1, 0.15) is 5.56 Å². The molecule has 2 amide bonds. The first-order valence-electron chi connectivity index (χ1n) is 6.79. The van der Waals surface area contributed by atoms with Gasteiger partial charge in [0.2, 0.25) is 10.0 Å². The Morgan fingerprint density at radius 1 is 1.00 bits per heavy atom. The Morgan fingerprint density at radius 2 is 1.77 bits per heavy atom. The lowest BCUT2D eigenvalue weighted by Crippen LogP contribution is -2.26. The number of urea groups is 1. The fourth-order valence-corrected chi connectivity index (χ4v) is 3.43. The predicted octanol–water partition coefficient (Wildman–Crippen LogP) is 2.63. The molecule has 0 aliphatic carbocycles. The molecule has 6 nitrogen and oxygen atoms in total. The van der Waals surface area contributed by atoms with Gasteiger partial charge in [-0.3, -0.25) is 4.72 Å². The number of para-hydroxylation sites is 2. The molecule has 0 aromatic heterocycles. The third kappa shape index (κ3) is 3.20. The summed E-state index contributed by atoms with van der Waals surface area (Å²) in [6.45, 7) is 0. The number of hydrogen-bond donors (Lipinski definition) is 3. The van der Waals surface area contributed by atoms with Gasteiger partial charge in [-0.25, -0.2) is 13.2 Å². The van der Waals surface area contributed by atoms with Crippen molar-refractivity contribution in [2.45, 2.75) is 6.42 Å². The van der Waals surface area contributed by atoms with Crippen LogP contribution in [0, 0.1) is 0 Å². The molecule has 114 valence electrons. The number of aryl methyl sites for hydroxylation is 1. The number of sulfonamides is 1. The summed E-state index contributed by atoms with van der Waals surface area (Å²) in [5.74, 6) is 0.0552. The van der Waals surface area contributed by atoms with Crippen LogP contribution in [0.2, 0.25) is 0 Å². The van der Waals surface area contributed by atoms with Gasteiger partial charge in [0.1, 0.15) is 0 Å². The van der Waals surface area contributed by atoms with Gasteiger partial charge in [0.15, 0.2) is 0 Å². The Balaban J connectivity index is 1.80. The molecule has 22 heavy (non-hydrogen) atoms.